The van der Waals surface area contributed by atoms with Crippen LogP contribution in [0, 0.1) is 11.6 Å². The summed E-state index contributed by atoms with van der Waals surface area (Å²) >= 11 is 0. The zero-order valence-electron chi connectivity index (χ0n) is 11.8. The van der Waals surface area contributed by atoms with Gasteiger partial charge in [-0.1, -0.05) is 6.07 Å². The van der Waals surface area contributed by atoms with Crippen molar-refractivity contribution >= 4 is 21.6 Å². The van der Waals surface area contributed by atoms with Crippen LogP contribution >= 0.6 is 0 Å². The number of rotatable bonds is 4. The van der Waals surface area contributed by atoms with E-state index in [9.17, 15) is 30.8 Å². The van der Waals surface area contributed by atoms with Crippen molar-refractivity contribution in [2.24, 2.45) is 5.14 Å². The summed E-state index contributed by atoms with van der Waals surface area (Å²) in [7, 11) is -4.39. The van der Waals surface area contributed by atoms with E-state index in [1.54, 1.807) is 0 Å². The summed E-state index contributed by atoms with van der Waals surface area (Å²) in [6.45, 7) is 0. The fourth-order valence-electron chi connectivity index (χ4n) is 1.89. The van der Waals surface area contributed by atoms with Gasteiger partial charge < -0.3 is 5.32 Å². The molecule has 0 saturated carbocycles. The summed E-state index contributed by atoms with van der Waals surface area (Å²) in [5.74, 6) is -3.65. The van der Waals surface area contributed by atoms with Gasteiger partial charge in [-0.05, 0) is 30.3 Å². The van der Waals surface area contributed by atoms with Crippen LogP contribution in [0.5, 0.6) is 0 Å². The third-order valence-electron chi connectivity index (χ3n) is 3.00. The highest BCUT2D eigenvalue weighted by atomic mass is 32.2. The van der Waals surface area contributed by atoms with Gasteiger partial charge in [0.25, 0.3) is 12.3 Å². The Labute approximate surface area is 134 Å². The standard InChI is InChI=1S/C14H10F4N2O3S/c15-10-5-4-7(6-9(10)13(17)18)20-14(21)8-2-1-3-11(12(8)16)24(19,22)23/h1-6,13H,(H,20,21)(H2,19,22,23). The Hall–Kier alpha value is -2.46. The number of amides is 1. The van der Waals surface area contributed by atoms with Gasteiger partial charge in [0, 0.05) is 5.69 Å². The number of nitrogens with two attached hydrogens (primary N) is 1. The lowest BCUT2D eigenvalue weighted by Crippen LogP contribution is -2.19. The molecule has 0 atom stereocenters. The lowest BCUT2D eigenvalue weighted by molar-refractivity contribution is 0.102. The van der Waals surface area contributed by atoms with Gasteiger partial charge in [-0.2, -0.15) is 0 Å². The van der Waals surface area contributed by atoms with Gasteiger partial charge >= 0.3 is 0 Å². The van der Waals surface area contributed by atoms with Gasteiger partial charge in [0.1, 0.15) is 10.7 Å². The minimum absolute atomic E-state index is 0.211. The van der Waals surface area contributed by atoms with Crippen LogP contribution in [-0.2, 0) is 10.0 Å². The predicted octanol–water partition coefficient (Wildman–Crippen LogP) is 2.80. The summed E-state index contributed by atoms with van der Waals surface area (Å²) in [6.07, 6.45) is -3.11. The van der Waals surface area contributed by atoms with Crippen LogP contribution in [0.15, 0.2) is 41.3 Å². The van der Waals surface area contributed by atoms with Gasteiger partial charge in [-0.3, -0.25) is 4.79 Å². The maximum Gasteiger partial charge on any atom is 0.266 e. The second-order valence-electron chi connectivity index (χ2n) is 4.65. The molecule has 2 rings (SSSR count). The maximum atomic E-state index is 14.1. The smallest absolute Gasteiger partial charge is 0.266 e. The van der Waals surface area contributed by atoms with Gasteiger partial charge in [-0.15, -0.1) is 0 Å². The average Bonchev–Trinajstić information content (AvgIpc) is 2.47. The number of nitrogens with one attached hydrogen (secondary N) is 1. The van der Waals surface area contributed by atoms with Crippen LogP contribution in [0.25, 0.3) is 0 Å². The fourth-order valence-corrected chi connectivity index (χ4v) is 2.52. The molecule has 24 heavy (non-hydrogen) atoms. The first kappa shape index (κ1) is 17.9. The highest BCUT2D eigenvalue weighted by Crippen LogP contribution is 2.25. The Morgan fingerprint density at radius 1 is 1.12 bits per heavy atom. The number of carbonyl (C=O) groups excluding carboxylic acids is 1. The van der Waals surface area contributed by atoms with E-state index < -0.39 is 50.0 Å². The quantitative estimate of drug-likeness (QED) is 0.820. The minimum Gasteiger partial charge on any atom is -0.322 e. The number of halogens is 4. The maximum absolute atomic E-state index is 14.1. The van der Waals surface area contributed by atoms with E-state index in [0.29, 0.717) is 12.1 Å². The van der Waals surface area contributed by atoms with Gasteiger partial charge in [0.2, 0.25) is 10.0 Å². The molecule has 5 nitrogen and oxygen atoms in total. The van der Waals surface area contributed by atoms with E-state index in [4.69, 9.17) is 5.14 Å². The monoisotopic (exact) mass is 362 g/mol. The fraction of sp³-hybridized carbons (Fsp3) is 0.0714. The summed E-state index contributed by atoms with van der Waals surface area (Å²) in [5.41, 5.74) is -1.81. The summed E-state index contributed by atoms with van der Waals surface area (Å²) in [4.78, 5) is 11.1. The van der Waals surface area contributed by atoms with E-state index in [-0.39, 0.29) is 5.69 Å². The SMILES string of the molecule is NS(=O)(=O)c1cccc(C(=O)Nc2ccc(F)c(C(F)F)c2)c1F. The second kappa shape index (κ2) is 6.57. The molecule has 10 heteroatoms. The van der Waals surface area contributed by atoms with E-state index >= 15 is 0 Å². The summed E-state index contributed by atoms with van der Waals surface area (Å²) in [6, 6.07) is 5.35. The molecule has 0 saturated heterocycles. The topological polar surface area (TPSA) is 89.3 Å². The predicted molar refractivity (Wildman–Crippen MR) is 77.1 cm³/mol. The van der Waals surface area contributed by atoms with Crippen LogP contribution in [0.2, 0.25) is 0 Å². The highest BCUT2D eigenvalue weighted by molar-refractivity contribution is 7.89. The van der Waals surface area contributed by atoms with Crippen molar-refractivity contribution in [3.8, 4) is 0 Å². The molecular formula is C14H10F4N2O3S. The third-order valence-corrected chi connectivity index (χ3v) is 3.93. The van der Waals surface area contributed by atoms with Crippen LogP contribution in [0.4, 0.5) is 23.2 Å². The summed E-state index contributed by atoms with van der Waals surface area (Å²) in [5, 5.41) is 6.91. The largest absolute Gasteiger partial charge is 0.322 e. The number of carbonyl (C=O) groups is 1. The first-order valence-electron chi connectivity index (χ1n) is 6.31. The van der Waals surface area contributed by atoms with E-state index in [1.165, 1.54) is 0 Å². The van der Waals surface area contributed by atoms with Crippen LogP contribution in [0.1, 0.15) is 22.3 Å². The number of benzene rings is 2. The Morgan fingerprint density at radius 3 is 2.38 bits per heavy atom. The van der Waals surface area contributed by atoms with Crippen molar-refractivity contribution in [1.29, 1.82) is 0 Å². The number of primary sulfonamides is 1. The number of alkyl halides is 2. The molecular weight excluding hydrogens is 352 g/mol. The molecule has 0 unspecified atom stereocenters. The molecule has 0 aliphatic rings. The van der Waals surface area contributed by atoms with Crippen LogP contribution < -0.4 is 10.5 Å². The molecule has 128 valence electrons. The average molecular weight is 362 g/mol. The lowest BCUT2D eigenvalue weighted by atomic mass is 10.1. The zero-order valence-corrected chi connectivity index (χ0v) is 12.6. The highest BCUT2D eigenvalue weighted by Gasteiger charge is 2.21. The van der Waals surface area contributed by atoms with Gasteiger partial charge in [-0.25, -0.2) is 31.1 Å². The molecule has 0 aliphatic carbocycles. The molecule has 0 heterocycles. The van der Waals surface area contributed by atoms with Crippen LogP contribution in [0.3, 0.4) is 0 Å². The molecule has 0 fully saturated rings. The van der Waals surface area contributed by atoms with Crippen molar-refractivity contribution in [3.63, 3.8) is 0 Å². The van der Waals surface area contributed by atoms with Crippen molar-refractivity contribution in [1.82, 2.24) is 0 Å². The first-order chi connectivity index (χ1) is 11.1. The van der Waals surface area contributed by atoms with E-state index in [0.717, 1.165) is 24.3 Å². The van der Waals surface area contributed by atoms with E-state index in [1.807, 2.05) is 0 Å². The van der Waals surface area contributed by atoms with Gasteiger partial charge in [0.15, 0.2) is 5.82 Å². The minimum atomic E-state index is -4.39. The van der Waals surface area contributed by atoms with Gasteiger partial charge in [0.05, 0.1) is 11.1 Å². The number of hydrogen-bond acceptors (Lipinski definition) is 3. The molecule has 3 N–H and O–H groups in total. The van der Waals surface area contributed by atoms with E-state index in [2.05, 4.69) is 5.32 Å². The molecule has 0 radical (unpaired) electrons. The zero-order chi connectivity index (χ0) is 18.1. The van der Waals surface area contributed by atoms with Crippen molar-refractivity contribution in [2.45, 2.75) is 11.3 Å². The molecule has 2 aromatic rings. The third kappa shape index (κ3) is 3.71. The Bertz CT molecular complexity index is 901. The lowest BCUT2D eigenvalue weighted by Gasteiger charge is -2.10. The normalized spacial score (nSPS) is 11.6. The Morgan fingerprint density at radius 2 is 1.79 bits per heavy atom. The molecule has 1 amide bonds. The number of sulfonamides is 1. The number of hydrogen-bond donors (Lipinski definition) is 2. The Kier molecular flexibility index (Phi) is 4.90. The Balaban J connectivity index is 2.37. The van der Waals surface area contributed by atoms with Crippen molar-refractivity contribution < 1.29 is 30.8 Å². The second-order valence-corrected chi connectivity index (χ2v) is 6.18. The van der Waals surface area contributed by atoms with Crippen molar-refractivity contribution in [3.05, 3.63) is 59.2 Å². The van der Waals surface area contributed by atoms with Crippen LogP contribution in [-0.4, -0.2) is 14.3 Å². The summed E-state index contributed by atoms with van der Waals surface area (Å²) < 4.78 is 75.0. The first-order valence-corrected chi connectivity index (χ1v) is 7.86. The molecule has 0 spiro atoms. The molecule has 0 aliphatic heterocycles. The van der Waals surface area contributed by atoms with Crippen molar-refractivity contribution in [2.75, 3.05) is 5.32 Å². The number of anilines is 1. The molecule has 0 bridgehead atoms. The molecule has 2 aromatic carbocycles. The molecule has 0 aromatic heterocycles.